The van der Waals surface area contributed by atoms with E-state index in [1.54, 1.807) is 12.0 Å². The number of hydrogen-bond donors (Lipinski definition) is 2. The second-order valence-electron chi connectivity index (χ2n) is 6.70. The maximum Gasteiger partial charge on any atom is 0.257 e. The lowest BCUT2D eigenvalue weighted by atomic mass is 9.82. The first-order chi connectivity index (χ1) is 12.2. The van der Waals surface area contributed by atoms with Crippen molar-refractivity contribution in [3.63, 3.8) is 0 Å². The maximum atomic E-state index is 13.4. The number of aromatic nitrogens is 1. The molecule has 5 rings (SSSR count). The van der Waals surface area contributed by atoms with Crippen LogP contribution in [0.25, 0.3) is 10.9 Å². The third kappa shape index (κ3) is 1.68. The lowest BCUT2D eigenvalue weighted by Crippen LogP contribution is -2.54. The van der Waals surface area contributed by atoms with Crippen LogP contribution >= 0.6 is 0 Å². The highest BCUT2D eigenvalue weighted by atomic mass is 16.5. The zero-order valence-electron chi connectivity index (χ0n) is 14.2. The third-order valence-corrected chi connectivity index (χ3v) is 5.55. The van der Waals surface area contributed by atoms with Gasteiger partial charge in [-0.05, 0) is 36.2 Å². The van der Waals surface area contributed by atoms with Gasteiger partial charge in [-0.1, -0.05) is 18.2 Å². The molecule has 0 saturated heterocycles. The van der Waals surface area contributed by atoms with E-state index in [0.29, 0.717) is 0 Å². The van der Waals surface area contributed by atoms with Crippen LogP contribution in [-0.2, 0) is 16.8 Å². The van der Waals surface area contributed by atoms with Crippen molar-refractivity contribution >= 4 is 22.5 Å². The first-order valence-electron chi connectivity index (χ1n) is 8.48. The predicted molar refractivity (Wildman–Crippen MR) is 97.2 cm³/mol. The number of carbonyl (C=O) groups excluding carboxylic acids is 1. The van der Waals surface area contributed by atoms with E-state index in [0.717, 1.165) is 41.2 Å². The number of methoxy groups -OCH3 is 1. The van der Waals surface area contributed by atoms with Gasteiger partial charge in [-0.2, -0.15) is 0 Å². The van der Waals surface area contributed by atoms with Gasteiger partial charge in [0.25, 0.3) is 5.91 Å². The van der Waals surface area contributed by atoms with E-state index in [4.69, 9.17) is 4.74 Å². The Morgan fingerprint density at radius 1 is 1.20 bits per heavy atom. The highest BCUT2D eigenvalue weighted by Crippen LogP contribution is 2.48. The number of fused-ring (bicyclic) bond motifs is 6. The normalized spacial score (nSPS) is 21.7. The standard InChI is InChI=1S/C20H19N3O2/c1-23-17-8-7-12(25-2)11-15(17)20(19(23)24)18-14(9-10-21-20)13-5-3-4-6-16(13)22-18/h3-8,11,21-22H,9-10H2,1-2H3. The van der Waals surface area contributed by atoms with Gasteiger partial charge < -0.3 is 14.6 Å². The van der Waals surface area contributed by atoms with Crippen molar-refractivity contribution in [1.29, 1.82) is 0 Å². The molecule has 0 saturated carbocycles. The molecule has 0 aliphatic carbocycles. The molecule has 3 heterocycles. The van der Waals surface area contributed by atoms with Gasteiger partial charge >= 0.3 is 0 Å². The fourth-order valence-corrected chi connectivity index (χ4v) is 4.37. The molecule has 1 aromatic heterocycles. The minimum atomic E-state index is -0.870. The van der Waals surface area contributed by atoms with Crippen molar-refractivity contribution < 1.29 is 9.53 Å². The molecule has 0 fully saturated rings. The van der Waals surface area contributed by atoms with Crippen LogP contribution in [0.15, 0.2) is 42.5 Å². The SMILES string of the molecule is COc1ccc2c(c1)C1(NCCc3c1[nH]c1ccccc31)C(=O)N2C. The molecule has 2 N–H and O–H groups in total. The fourth-order valence-electron chi connectivity index (χ4n) is 4.37. The minimum absolute atomic E-state index is 0.0447. The summed E-state index contributed by atoms with van der Waals surface area (Å²) in [4.78, 5) is 18.6. The fraction of sp³-hybridized carbons (Fsp3) is 0.250. The Morgan fingerprint density at radius 3 is 2.88 bits per heavy atom. The number of rotatable bonds is 1. The second kappa shape index (κ2) is 4.86. The Kier molecular flexibility index (Phi) is 2.83. The van der Waals surface area contributed by atoms with E-state index < -0.39 is 5.54 Å². The molecule has 2 aromatic carbocycles. The average molecular weight is 333 g/mol. The molecule has 25 heavy (non-hydrogen) atoms. The molecule has 5 heteroatoms. The molecule has 1 spiro atoms. The number of ether oxygens (including phenoxy) is 1. The number of hydrogen-bond acceptors (Lipinski definition) is 3. The van der Waals surface area contributed by atoms with Gasteiger partial charge in [0.2, 0.25) is 0 Å². The first-order valence-corrected chi connectivity index (χ1v) is 8.48. The molecular formula is C20H19N3O2. The molecule has 0 radical (unpaired) electrons. The molecule has 3 aromatic rings. The van der Waals surface area contributed by atoms with Crippen molar-refractivity contribution in [2.45, 2.75) is 12.0 Å². The Labute approximate surface area is 145 Å². The molecule has 1 unspecified atom stereocenters. The zero-order chi connectivity index (χ0) is 17.2. The average Bonchev–Trinajstić information content (AvgIpc) is 3.13. The number of likely N-dealkylation sites (N-methyl/N-ethyl adjacent to an activating group) is 1. The van der Waals surface area contributed by atoms with Crippen molar-refractivity contribution in [3.05, 3.63) is 59.3 Å². The number of H-pyrrole nitrogens is 1. The molecule has 2 aliphatic rings. The first kappa shape index (κ1) is 14.5. The van der Waals surface area contributed by atoms with Gasteiger partial charge in [0.1, 0.15) is 5.75 Å². The Hall–Kier alpha value is -2.79. The van der Waals surface area contributed by atoms with Crippen LogP contribution in [0.4, 0.5) is 5.69 Å². The molecule has 5 nitrogen and oxygen atoms in total. The number of amides is 1. The highest BCUT2D eigenvalue weighted by Gasteiger charge is 2.54. The number of nitrogens with one attached hydrogen (secondary N) is 2. The van der Waals surface area contributed by atoms with Gasteiger partial charge in [0, 0.05) is 35.7 Å². The Bertz CT molecular complexity index is 1020. The lowest BCUT2D eigenvalue weighted by molar-refractivity contribution is -0.122. The van der Waals surface area contributed by atoms with Gasteiger partial charge in [-0.25, -0.2) is 0 Å². The van der Waals surface area contributed by atoms with E-state index in [1.807, 2.05) is 37.4 Å². The number of anilines is 1. The summed E-state index contributed by atoms with van der Waals surface area (Å²) in [5, 5.41) is 4.72. The quantitative estimate of drug-likeness (QED) is 0.719. The topological polar surface area (TPSA) is 57.4 Å². The van der Waals surface area contributed by atoms with Crippen molar-refractivity contribution in [2.24, 2.45) is 0 Å². The number of aromatic amines is 1. The summed E-state index contributed by atoms with van der Waals surface area (Å²) < 4.78 is 5.42. The number of para-hydroxylation sites is 1. The smallest absolute Gasteiger partial charge is 0.257 e. The monoisotopic (exact) mass is 333 g/mol. The maximum absolute atomic E-state index is 13.4. The second-order valence-corrected chi connectivity index (χ2v) is 6.70. The molecule has 2 aliphatic heterocycles. The summed E-state index contributed by atoms with van der Waals surface area (Å²) in [6.45, 7) is 0.755. The number of carbonyl (C=O) groups is 1. The minimum Gasteiger partial charge on any atom is -0.497 e. The molecule has 1 amide bonds. The number of benzene rings is 2. The van der Waals surface area contributed by atoms with Crippen molar-refractivity contribution in [1.82, 2.24) is 10.3 Å². The van der Waals surface area contributed by atoms with Gasteiger partial charge in [0.15, 0.2) is 5.54 Å². The summed E-state index contributed by atoms with van der Waals surface area (Å²) in [6.07, 6.45) is 0.900. The van der Waals surface area contributed by atoms with Crippen LogP contribution in [0.5, 0.6) is 5.75 Å². The Balaban J connectivity index is 1.85. The van der Waals surface area contributed by atoms with E-state index in [1.165, 1.54) is 10.9 Å². The summed E-state index contributed by atoms with van der Waals surface area (Å²) in [6, 6.07) is 14.1. The van der Waals surface area contributed by atoms with Crippen LogP contribution < -0.4 is 15.0 Å². The summed E-state index contributed by atoms with van der Waals surface area (Å²) >= 11 is 0. The molecule has 1 atom stereocenters. The lowest BCUT2D eigenvalue weighted by Gasteiger charge is -2.34. The van der Waals surface area contributed by atoms with Crippen LogP contribution in [0.2, 0.25) is 0 Å². The molecular weight excluding hydrogens is 314 g/mol. The largest absolute Gasteiger partial charge is 0.497 e. The molecule has 0 bridgehead atoms. The van der Waals surface area contributed by atoms with Crippen molar-refractivity contribution in [2.75, 3.05) is 25.6 Å². The summed E-state index contributed by atoms with van der Waals surface area (Å²) in [7, 11) is 3.48. The number of nitrogens with zero attached hydrogens (tertiary/aromatic N) is 1. The summed E-state index contributed by atoms with van der Waals surface area (Å²) in [5.74, 6) is 0.800. The van der Waals surface area contributed by atoms with Crippen molar-refractivity contribution in [3.8, 4) is 5.75 Å². The predicted octanol–water partition coefficient (Wildman–Crippen LogP) is 2.54. The van der Waals surface area contributed by atoms with E-state index in [9.17, 15) is 4.79 Å². The van der Waals surface area contributed by atoms with Crippen LogP contribution in [-0.4, -0.2) is 31.6 Å². The van der Waals surface area contributed by atoms with Crippen LogP contribution in [0.1, 0.15) is 16.8 Å². The van der Waals surface area contributed by atoms with E-state index in [-0.39, 0.29) is 5.91 Å². The van der Waals surface area contributed by atoms with E-state index in [2.05, 4.69) is 22.4 Å². The van der Waals surface area contributed by atoms with Gasteiger partial charge in [-0.3, -0.25) is 10.1 Å². The van der Waals surface area contributed by atoms with E-state index >= 15 is 0 Å². The summed E-state index contributed by atoms with van der Waals surface area (Å²) in [5.41, 5.74) is 4.26. The highest BCUT2D eigenvalue weighted by molar-refractivity contribution is 6.11. The van der Waals surface area contributed by atoms with Gasteiger partial charge in [-0.15, -0.1) is 0 Å². The third-order valence-electron chi connectivity index (χ3n) is 5.55. The Morgan fingerprint density at radius 2 is 2.04 bits per heavy atom. The van der Waals surface area contributed by atoms with Crippen LogP contribution in [0.3, 0.4) is 0 Å². The van der Waals surface area contributed by atoms with Gasteiger partial charge in [0.05, 0.1) is 12.8 Å². The zero-order valence-corrected chi connectivity index (χ0v) is 14.2. The van der Waals surface area contributed by atoms with Crippen LogP contribution in [0, 0.1) is 0 Å². The molecule has 126 valence electrons.